The zero-order valence-corrected chi connectivity index (χ0v) is 15.0. The molecule has 0 fully saturated rings. The molecule has 128 valence electrons. The second-order valence-corrected chi connectivity index (χ2v) is 8.18. The molecule has 0 saturated carbocycles. The van der Waals surface area contributed by atoms with Crippen LogP contribution in [0.1, 0.15) is 19.4 Å². The Bertz CT molecular complexity index is 684. The molecule has 1 aliphatic heterocycles. The van der Waals surface area contributed by atoms with Crippen molar-refractivity contribution in [1.29, 1.82) is 0 Å². The van der Waals surface area contributed by atoms with Crippen molar-refractivity contribution < 1.29 is 13.2 Å². The maximum atomic E-state index is 11.7. The Morgan fingerprint density at radius 1 is 1.39 bits per heavy atom. The Labute approximate surface area is 138 Å². The fourth-order valence-electron chi connectivity index (χ4n) is 2.38. The van der Waals surface area contributed by atoms with Crippen molar-refractivity contribution in [3.8, 4) is 5.75 Å². The Kier molecular flexibility index (Phi) is 5.51. The van der Waals surface area contributed by atoms with E-state index in [1.165, 1.54) is 10.6 Å². The molecule has 7 heteroatoms. The summed E-state index contributed by atoms with van der Waals surface area (Å²) in [6.45, 7) is 6.30. The first kappa shape index (κ1) is 17.6. The van der Waals surface area contributed by atoms with Gasteiger partial charge in [0.1, 0.15) is 18.2 Å². The maximum absolute atomic E-state index is 11.7. The average Bonchev–Trinajstić information content (AvgIpc) is 2.96. The van der Waals surface area contributed by atoms with Crippen LogP contribution >= 0.6 is 0 Å². The van der Waals surface area contributed by atoms with Crippen molar-refractivity contribution in [2.24, 2.45) is 10.9 Å². The number of rotatable bonds is 7. The molecular weight excluding hydrogens is 314 g/mol. The van der Waals surface area contributed by atoms with E-state index in [0.29, 0.717) is 18.2 Å². The van der Waals surface area contributed by atoms with Gasteiger partial charge in [0.25, 0.3) is 0 Å². The molecule has 0 amide bonds. The van der Waals surface area contributed by atoms with Gasteiger partial charge in [-0.25, -0.2) is 8.42 Å². The number of amidine groups is 1. The number of hydrogen-bond acceptors (Lipinski definition) is 5. The van der Waals surface area contributed by atoms with Crippen LogP contribution in [0.25, 0.3) is 0 Å². The Morgan fingerprint density at radius 3 is 2.70 bits per heavy atom. The lowest BCUT2D eigenvalue weighted by Crippen LogP contribution is -2.26. The largest absolute Gasteiger partial charge is 0.485 e. The van der Waals surface area contributed by atoms with Crippen LogP contribution in [0.2, 0.25) is 0 Å². The second-order valence-electron chi connectivity index (χ2n) is 6.16. The summed E-state index contributed by atoms with van der Waals surface area (Å²) in [5.41, 5.74) is 1.65. The van der Waals surface area contributed by atoms with Crippen molar-refractivity contribution in [3.05, 3.63) is 23.8 Å². The van der Waals surface area contributed by atoms with E-state index in [4.69, 9.17) is 4.74 Å². The molecule has 2 rings (SSSR count). The van der Waals surface area contributed by atoms with E-state index in [2.05, 4.69) is 24.2 Å². The average molecular weight is 339 g/mol. The first-order chi connectivity index (χ1) is 10.8. The number of sulfonamides is 1. The van der Waals surface area contributed by atoms with Gasteiger partial charge in [-0.05, 0) is 36.1 Å². The minimum absolute atomic E-state index is 0.409. The van der Waals surface area contributed by atoms with Crippen LogP contribution in [-0.2, 0) is 16.4 Å². The van der Waals surface area contributed by atoms with Crippen molar-refractivity contribution in [3.63, 3.8) is 0 Å². The summed E-state index contributed by atoms with van der Waals surface area (Å²) in [7, 11) is -1.72. The molecule has 0 bridgehead atoms. The monoisotopic (exact) mass is 339 g/mol. The number of hydrogen-bond donors (Lipinski definition) is 1. The van der Waals surface area contributed by atoms with E-state index < -0.39 is 10.0 Å². The molecule has 0 spiro atoms. The zero-order valence-electron chi connectivity index (χ0n) is 14.2. The second kappa shape index (κ2) is 7.21. The first-order valence-corrected chi connectivity index (χ1v) is 9.59. The van der Waals surface area contributed by atoms with E-state index in [9.17, 15) is 8.42 Å². The molecule has 0 atom stereocenters. The standard InChI is InChI=1S/C16H25N3O3S/c1-12(2)9-13-10-14(19(3)23(4,20)21)5-6-15(13)22-11-16-17-7-8-18-16/h5-6,10,12H,7-9,11H2,1-4H3,(H,17,18). The lowest BCUT2D eigenvalue weighted by atomic mass is 10.0. The third kappa shape index (κ3) is 4.86. The number of ether oxygens (including phenoxy) is 1. The minimum Gasteiger partial charge on any atom is -0.485 e. The molecular formula is C16H25N3O3S. The van der Waals surface area contributed by atoms with Gasteiger partial charge in [-0.1, -0.05) is 13.8 Å². The number of anilines is 1. The van der Waals surface area contributed by atoms with Crippen molar-refractivity contribution >= 4 is 21.5 Å². The predicted octanol–water partition coefficient (Wildman–Crippen LogP) is 1.66. The summed E-state index contributed by atoms with van der Waals surface area (Å²) in [4.78, 5) is 4.31. The summed E-state index contributed by atoms with van der Waals surface area (Å²) in [6, 6.07) is 5.49. The lowest BCUT2D eigenvalue weighted by molar-refractivity contribution is 0.367. The van der Waals surface area contributed by atoms with Gasteiger partial charge < -0.3 is 10.1 Å². The van der Waals surface area contributed by atoms with E-state index >= 15 is 0 Å². The Balaban J connectivity index is 2.23. The highest BCUT2D eigenvalue weighted by atomic mass is 32.2. The van der Waals surface area contributed by atoms with Gasteiger partial charge >= 0.3 is 0 Å². The van der Waals surface area contributed by atoms with Crippen LogP contribution in [0.4, 0.5) is 5.69 Å². The molecule has 0 saturated heterocycles. The maximum Gasteiger partial charge on any atom is 0.231 e. The van der Waals surface area contributed by atoms with E-state index in [-0.39, 0.29) is 0 Å². The van der Waals surface area contributed by atoms with Crippen LogP contribution < -0.4 is 14.4 Å². The van der Waals surface area contributed by atoms with Crippen molar-refractivity contribution in [2.45, 2.75) is 20.3 Å². The van der Waals surface area contributed by atoms with E-state index in [1.54, 1.807) is 13.1 Å². The van der Waals surface area contributed by atoms with Crippen LogP contribution in [0.15, 0.2) is 23.2 Å². The van der Waals surface area contributed by atoms with Gasteiger partial charge in [0.15, 0.2) is 0 Å². The number of nitrogens with one attached hydrogen (secondary N) is 1. The molecule has 1 heterocycles. The van der Waals surface area contributed by atoms with Crippen LogP contribution in [-0.4, -0.2) is 47.3 Å². The van der Waals surface area contributed by atoms with E-state index in [1.807, 2.05) is 12.1 Å². The van der Waals surface area contributed by atoms with Crippen molar-refractivity contribution in [1.82, 2.24) is 5.32 Å². The highest BCUT2D eigenvalue weighted by Crippen LogP contribution is 2.28. The predicted molar refractivity (Wildman–Crippen MR) is 94.0 cm³/mol. The van der Waals surface area contributed by atoms with Gasteiger partial charge in [-0.3, -0.25) is 9.30 Å². The summed E-state index contributed by atoms with van der Waals surface area (Å²) in [6.07, 6.45) is 2.02. The molecule has 23 heavy (non-hydrogen) atoms. The first-order valence-electron chi connectivity index (χ1n) is 7.74. The fraction of sp³-hybridized carbons (Fsp3) is 0.562. The van der Waals surface area contributed by atoms with Gasteiger partial charge in [-0.15, -0.1) is 0 Å². The van der Waals surface area contributed by atoms with Crippen LogP contribution in [0, 0.1) is 5.92 Å². The molecule has 0 aromatic heterocycles. The smallest absolute Gasteiger partial charge is 0.231 e. The molecule has 6 nitrogen and oxygen atoms in total. The van der Waals surface area contributed by atoms with Crippen LogP contribution in [0.5, 0.6) is 5.75 Å². The highest BCUT2D eigenvalue weighted by Gasteiger charge is 2.16. The third-order valence-electron chi connectivity index (χ3n) is 3.64. The number of nitrogens with zero attached hydrogens (tertiary/aromatic N) is 2. The normalized spacial score (nSPS) is 14.6. The molecule has 0 radical (unpaired) electrons. The minimum atomic E-state index is -3.28. The molecule has 1 N–H and O–H groups in total. The summed E-state index contributed by atoms with van der Waals surface area (Å²) >= 11 is 0. The summed E-state index contributed by atoms with van der Waals surface area (Å²) in [5.74, 6) is 2.08. The summed E-state index contributed by atoms with van der Waals surface area (Å²) in [5, 5.41) is 3.17. The molecule has 0 aliphatic carbocycles. The SMILES string of the molecule is CC(C)Cc1cc(N(C)S(C)(=O)=O)ccc1OCC1=NCCN1. The van der Waals surface area contributed by atoms with E-state index in [0.717, 1.165) is 36.7 Å². The topological polar surface area (TPSA) is 71.0 Å². The fourth-order valence-corrected chi connectivity index (χ4v) is 2.88. The molecule has 0 unspecified atom stereocenters. The zero-order chi connectivity index (χ0) is 17.0. The molecule has 1 aromatic rings. The molecule has 1 aromatic carbocycles. The third-order valence-corrected chi connectivity index (χ3v) is 4.85. The van der Waals surface area contributed by atoms with Gasteiger partial charge in [-0.2, -0.15) is 0 Å². The number of benzene rings is 1. The van der Waals surface area contributed by atoms with Crippen molar-refractivity contribution in [2.75, 3.05) is 37.3 Å². The number of aliphatic imine (C=N–C) groups is 1. The summed E-state index contributed by atoms with van der Waals surface area (Å²) < 4.78 is 30.6. The highest BCUT2D eigenvalue weighted by molar-refractivity contribution is 7.92. The Morgan fingerprint density at radius 2 is 2.13 bits per heavy atom. The Hall–Kier alpha value is -1.76. The lowest BCUT2D eigenvalue weighted by Gasteiger charge is -2.20. The quantitative estimate of drug-likeness (QED) is 0.820. The van der Waals surface area contributed by atoms with Gasteiger partial charge in [0, 0.05) is 13.6 Å². The van der Waals surface area contributed by atoms with Gasteiger partial charge in [0.05, 0.1) is 18.5 Å². The molecule has 1 aliphatic rings. The van der Waals surface area contributed by atoms with Crippen LogP contribution in [0.3, 0.4) is 0 Å². The van der Waals surface area contributed by atoms with Gasteiger partial charge in [0.2, 0.25) is 10.0 Å².